The largest absolute Gasteiger partial charge is 0.368 e. The van der Waals surface area contributed by atoms with Gasteiger partial charge in [-0.15, -0.1) is 6.58 Å². The molecule has 0 aliphatic heterocycles. The minimum Gasteiger partial charge on any atom is -0.368 e. The SMILES string of the molecule is C=CCCOC(C)C(=O)Nn1cnc2ccccc21. The van der Waals surface area contributed by atoms with Crippen molar-refractivity contribution in [3.8, 4) is 0 Å². The molecule has 0 saturated heterocycles. The van der Waals surface area contributed by atoms with E-state index in [2.05, 4.69) is 17.0 Å². The van der Waals surface area contributed by atoms with E-state index < -0.39 is 6.10 Å². The zero-order valence-corrected chi connectivity index (χ0v) is 10.9. The quantitative estimate of drug-likeness (QED) is 0.638. The molecule has 5 nitrogen and oxygen atoms in total. The molecule has 0 radical (unpaired) electrons. The average molecular weight is 259 g/mol. The number of fused-ring (bicyclic) bond motifs is 1. The third kappa shape index (κ3) is 3.20. The topological polar surface area (TPSA) is 56.1 Å². The van der Waals surface area contributed by atoms with Gasteiger partial charge in [0.05, 0.1) is 17.6 Å². The standard InChI is InChI=1S/C14H17N3O2/c1-3-4-9-19-11(2)14(18)16-17-10-15-12-7-5-6-8-13(12)17/h3,5-8,10-11H,1,4,9H2,2H3,(H,16,18). The van der Waals surface area contributed by atoms with Gasteiger partial charge < -0.3 is 4.74 Å². The Bertz CT molecular complexity index is 577. The lowest BCUT2D eigenvalue weighted by atomic mass is 10.3. The highest BCUT2D eigenvalue weighted by Gasteiger charge is 2.14. The van der Waals surface area contributed by atoms with E-state index in [4.69, 9.17) is 4.74 Å². The van der Waals surface area contributed by atoms with E-state index in [1.165, 1.54) is 0 Å². The summed E-state index contributed by atoms with van der Waals surface area (Å²) in [6.45, 7) is 5.81. The van der Waals surface area contributed by atoms with Gasteiger partial charge in [0, 0.05) is 0 Å². The van der Waals surface area contributed by atoms with E-state index in [1.54, 1.807) is 24.0 Å². The van der Waals surface area contributed by atoms with Crippen molar-refractivity contribution in [2.24, 2.45) is 0 Å². The van der Waals surface area contributed by atoms with E-state index in [-0.39, 0.29) is 5.91 Å². The minimum atomic E-state index is -0.513. The predicted octanol–water partition coefficient (Wildman–Crippen LogP) is 2.09. The fourth-order valence-corrected chi connectivity index (χ4v) is 1.66. The number of rotatable bonds is 6. The number of amides is 1. The molecule has 1 unspecified atom stereocenters. The number of ether oxygens (including phenoxy) is 1. The van der Waals surface area contributed by atoms with Crippen LogP contribution >= 0.6 is 0 Å². The summed E-state index contributed by atoms with van der Waals surface area (Å²) in [5, 5.41) is 0. The highest BCUT2D eigenvalue weighted by atomic mass is 16.5. The van der Waals surface area contributed by atoms with Gasteiger partial charge in [0.2, 0.25) is 0 Å². The number of hydrogen-bond acceptors (Lipinski definition) is 3. The second-order valence-corrected chi connectivity index (χ2v) is 4.17. The number of carbonyl (C=O) groups excluding carboxylic acids is 1. The molecule has 1 heterocycles. The summed E-state index contributed by atoms with van der Waals surface area (Å²) in [5.74, 6) is -0.202. The molecule has 1 aromatic carbocycles. The molecule has 0 aliphatic rings. The molecule has 0 bridgehead atoms. The zero-order chi connectivity index (χ0) is 13.7. The fourth-order valence-electron chi connectivity index (χ4n) is 1.66. The first-order chi connectivity index (χ1) is 9.22. The van der Waals surface area contributed by atoms with Crippen molar-refractivity contribution in [2.75, 3.05) is 12.0 Å². The molecule has 19 heavy (non-hydrogen) atoms. The van der Waals surface area contributed by atoms with Crippen LogP contribution in [0.4, 0.5) is 0 Å². The minimum absolute atomic E-state index is 0.202. The summed E-state index contributed by atoms with van der Waals surface area (Å²) in [5.41, 5.74) is 4.45. The molecule has 100 valence electrons. The molecule has 1 atom stereocenters. The van der Waals surface area contributed by atoms with Gasteiger partial charge >= 0.3 is 0 Å². The third-order valence-electron chi connectivity index (χ3n) is 2.74. The number of carbonyl (C=O) groups is 1. The van der Waals surface area contributed by atoms with E-state index in [9.17, 15) is 4.79 Å². The van der Waals surface area contributed by atoms with Crippen LogP contribution < -0.4 is 5.43 Å². The van der Waals surface area contributed by atoms with Gasteiger partial charge in [-0.2, -0.15) is 0 Å². The number of aromatic nitrogens is 2. The molecular weight excluding hydrogens is 242 g/mol. The normalized spacial score (nSPS) is 12.3. The van der Waals surface area contributed by atoms with Crippen LogP contribution in [0.15, 0.2) is 43.2 Å². The van der Waals surface area contributed by atoms with Crippen LogP contribution in [-0.2, 0) is 9.53 Å². The number of imidazole rings is 1. The second kappa shape index (κ2) is 6.15. The Morgan fingerprint density at radius 2 is 2.37 bits per heavy atom. The average Bonchev–Trinajstić information content (AvgIpc) is 2.82. The highest BCUT2D eigenvalue weighted by Crippen LogP contribution is 2.10. The Labute approximate surface area is 111 Å². The van der Waals surface area contributed by atoms with Gasteiger partial charge in [-0.3, -0.25) is 10.2 Å². The van der Waals surface area contributed by atoms with Gasteiger partial charge in [-0.05, 0) is 25.5 Å². The van der Waals surface area contributed by atoms with Crippen molar-refractivity contribution in [1.29, 1.82) is 0 Å². The molecule has 0 aliphatic carbocycles. The van der Waals surface area contributed by atoms with Crippen molar-refractivity contribution < 1.29 is 9.53 Å². The summed E-state index contributed by atoms with van der Waals surface area (Å²) in [4.78, 5) is 16.1. The van der Waals surface area contributed by atoms with E-state index in [1.807, 2.05) is 24.3 Å². The first kappa shape index (κ1) is 13.3. The smallest absolute Gasteiger partial charge is 0.267 e. The van der Waals surface area contributed by atoms with Crippen LogP contribution in [0.1, 0.15) is 13.3 Å². The molecule has 2 aromatic rings. The first-order valence-corrected chi connectivity index (χ1v) is 6.18. The maximum absolute atomic E-state index is 11.9. The molecular formula is C14H17N3O2. The van der Waals surface area contributed by atoms with Crippen molar-refractivity contribution in [3.63, 3.8) is 0 Å². The van der Waals surface area contributed by atoms with Crippen molar-refractivity contribution in [2.45, 2.75) is 19.4 Å². The Kier molecular flexibility index (Phi) is 4.30. The molecule has 2 rings (SSSR count). The summed E-state index contributed by atoms with van der Waals surface area (Å²) >= 11 is 0. The van der Waals surface area contributed by atoms with Crippen molar-refractivity contribution in [1.82, 2.24) is 9.66 Å². The van der Waals surface area contributed by atoms with Crippen LogP contribution in [0.3, 0.4) is 0 Å². The third-order valence-corrected chi connectivity index (χ3v) is 2.74. The molecule has 0 spiro atoms. The lowest BCUT2D eigenvalue weighted by molar-refractivity contribution is -0.127. The summed E-state index contributed by atoms with van der Waals surface area (Å²) in [6, 6.07) is 7.59. The molecule has 0 fully saturated rings. The lowest BCUT2D eigenvalue weighted by Gasteiger charge is -2.13. The number of para-hydroxylation sites is 2. The van der Waals surface area contributed by atoms with Gasteiger partial charge in [0.15, 0.2) is 0 Å². The summed E-state index contributed by atoms with van der Waals surface area (Å²) < 4.78 is 6.99. The Morgan fingerprint density at radius 1 is 1.58 bits per heavy atom. The fraction of sp³-hybridized carbons (Fsp3) is 0.286. The highest BCUT2D eigenvalue weighted by molar-refractivity contribution is 5.89. The summed E-state index contributed by atoms with van der Waals surface area (Å²) in [6.07, 6.45) is 3.56. The molecule has 5 heteroatoms. The zero-order valence-electron chi connectivity index (χ0n) is 10.9. The van der Waals surface area contributed by atoms with Gasteiger partial charge in [0.1, 0.15) is 12.4 Å². The predicted molar refractivity (Wildman–Crippen MR) is 74.3 cm³/mol. The van der Waals surface area contributed by atoms with Crippen molar-refractivity contribution in [3.05, 3.63) is 43.2 Å². The Morgan fingerprint density at radius 3 is 3.16 bits per heavy atom. The van der Waals surface area contributed by atoms with Gasteiger partial charge in [0.25, 0.3) is 5.91 Å². The number of benzene rings is 1. The monoisotopic (exact) mass is 259 g/mol. The van der Waals surface area contributed by atoms with Crippen molar-refractivity contribution >= 4 is 16.9 Å². The van der Waals surface area contributed by atoms with E-state index >= 15 is 0 Å². The molecule has 1 amide bonds. The van der Waals surface area contributed by atoms with E-state index in [0.717, 1.165) is 17.5 Å². The maximum Gasteiger partial charge on any atom is 0.267 e. The lowest BCUT2D eigenvalue weighted by Crippen LogP contribution is -2.33. The van der Waals surface area contributed by atoms with Crippen LogP contribution in [0.2, 0.25) is 0 Å². The van der Waals surface area contributed by atoms with Crippen LogP contribution in [0, 0.1) is 0 Å². The van der Waals surface area contributed by atoms with Gasteiger partial charge in [-0.1, -0.05) is 18.2 Å². The van der Waals surface area contributed by atoms with Gasteiger partial charge in [-0.25, -0.2) is 9.66 Å². The number of nitrogens with zero attached hydrogens (tertiary/aromatic N) is 2. The molecule has 1 N–H and O–H groups in total. The molecule has 0 saturated carbocycles. The maximum atomic E-state index is 11.9. The summed E-state index contributed by atoms with van der Waals surface area (Å²) in [7, 11) is 0. The van der Waals surface area contributed by atoms with E-state index in [0.29, 0.717) is 6.61 Å². The molecule has 1 aromatic heterocycles. The Hall–Kier alpha value is -2.14. The Balaban J connectivity index is 2.00. The number of nitrogens with one attached hydrogen (secondary N) is 1. The van der Waals surface area contributed by atoms with Crippen LogP contribution in [-0.4, -0.2) is 28.3 Å². The van der Waals surface area contributed by atoms with Crippen LogP contribution in [0.25, 0.3) is 11.0 Å². The number of hydrogen-bond donors (Lipinski definition) is 1. The first-order valence-electron chi connectivity index (χ1n) is 6.18. The second-order valence-electron chi connectivity index (χ2n) is 4.17. The van der Waals surface area contributed by atoms with Crippen LogP contribution in [0.5, 0.6) is 0 Å².